The van der Waals surface area contributed by atoms with Crippen molar-refractivity contribution in [2.75, 3.05) is 33.2 Å². The first-order chi connectivity index (χ1) is 10.8. The lowest BCUT2D eigenvalue weighted by Crippen LogP contribution is -2.39. The van der Waals surface area contributed by atoms with Gasteiger partial charge in [-0.15, -0.1) is 0 Å². The minimum Gasteiger partial charge on any atom is -0.352 e. The summed E-state index contributed by atoms with van der Waals surface area (Å²) in [5, 5.41) is 3.50. The fourth-order valence-corrected chi connectivity index (χ4v) is 2.99. The molecular formula is C18H30N4. The first-order valence-electron chi connectivity index (χ1n) is 8.52. The molecular weight excluding hydrogens is 272 g/mol. The predicted octanol–water partition coefficient (Wildman–Crippen LogP) is 2.70. The van der Waals surface area contributed by atoms with Crippen LogP contribution < -0.4 is 5.32 Å². The molecule has 1 heterocycles. The quantitative estimate of drug-likeness (QED) is 0.647. The summed E-state index contributed by atoms with van der Waals surface area (Å²) in [5.74, 6) is 1.03. The van der Waals surface area contributed by atoms with Crippen LogP contribution in [-0.4, -0.2) is 49.0 Å². The van der Waals surface area contributed by atoms with E-state index in [1.54, 1.807) is 0 Å². The molecule has 0 unspecified atom stereocenters. The highest BCUT2D eigenvalue weighted by Gasteiger charge is 2.15. The van der Waals surface area contributed by atoms with Gasteiger partial charge in [0.05, 0.1) is 0 Å². The summed E-state index contributed by atoms with van der Waals surface area (Å²) in [6, 6.07) is 8.88. The topological polar surface area (TPSA) is 30.9 Å². The highest BCUT2D eigenvalue weighted by atomic mass is 15.3. The molecule has 2 rings (SSSR count). The molecule has 0 saturated carbocycles. The average molecular weight is 302 g/mol. The summed E-state index contributed by atoms with van der Waals surface area (Å²) < 4.78 is 0. The Kier molecular flexibility index (Phi) is 6.72. The molecule has 0 bridgehead atoms. The summed E-state index contributed by atoms with van der Waals surface area (Å²) in [5.41, 5.74) is 2.71. The first-order valence-corrected chi connectivity index (χ1v) is 8.52. The number of hydrogen-bond donors (Lipinski definition) is 1. The maximum atomic E-state index is 4.41. The number of nitrogens with one attached hydrogen (secondary N) is 1. The second-order valence-electron chi connectivity index (χ2n) is 5.88. The van der Waals surface area contributed by atoms with Gasteiger partial charge in [-0.2, -0.15) is 0 Å². The normalized spacial score (nSPS) is 15.6. The van der Waals surface area contributed by atoms with Crippen LogP contribution >= 0.6 is 0 Å². The van der Waals surface area contributed by atoms with E-state index in [9.17, 15) is 0 Å². The summed E-state index contributed by atoms with van der Waals surface area (Å²) in [6.45, 7) is 10.8. The Balaban J connectivity index is 1.92. The van der Waals surface area contributed by atoms with Gasteiger partial charge in [0.1, 0.15) is 0 Å². The molecule has 0 aromatic heterocycles. The van der Waals surface area contributed by atoms with Gasteiger partial charge < -0.3 is 10.2 Å². The van der Waals surface area contributed by atoms with E-state index in [1.807, 2.05) is 7.05 Å². The molecule has 0 amide bonds. The summed E-state index contributed by atoms with van der Waals surface area (Å²) in [4.78, 5) is 9.19. The van der Waals surface area contributed by atoms with E-state index in [-0.39, 0.29) is 0 Å². The number of benzene rings is 1. The summed E-state index contributed by atoms with van der Waals surface area (Å²) in [6.07, 6.45) is 2.56. The summed E-state index contributed by atoms with van der Waals surface area (Å²) >= 11 is 0. The number of aliphatic imine (C=N–C) groups is 1. The lowest BCUT2D eigenvalue weighted by atomic mass is 10.1. The van der Waals surface area contributed by atoms with Gasteiger partial charge in [-0.25, -0.2) is 0 Å². The molecule has 22 heavy (non-hydrogen) atoms. The van der Waals surface area contributed by atoms with Crippen molar-refractivity contribution in [3.63, 3.8) is 0 Å². The Morgan fingerprint density at radius 2 is 1.86 bits per heavy atom. The zero-order valence-corrected chi connectivity index (χ0v) is 14.3. The van der Waals surface area contributed by atoms with Crippen molar-refractivity contribution in [2.45, 2.75) is 39.8 Å². The van der Waals surface area contributed by atoms with Gasteiger partial charge >= 0.3 is 0 Å². The average Bonchev–Trinajstić information content (AvgIpc) is 3.08. The van der Waals surface area contributed by atoms with E-state index in [0.29, 0.717) is 0 Å². The van der Waals surface area contributed by atoms with Gasteiger partial charge in [0.15, 0.2) is 5.96 Å². The molecule has 0 aliphatic carbocycles. The zero-order valence-electron chi connectivity index (χ0n) is 14.3. The fraction of sp³-hybridized carbons (Fsp3) is 0.611. The molecule has 1 aromatic carbocycles. The molecule has 1 aliphatic heterocycles. The van der Waals surface area contributed by atoms with E-state index in [1.165, 1.54) is 24.0 Å². The standard InChI is InChI=1S/C18H30N4/c1-4-21(5-2)15-17-10-8-9-16(13-17)14-20-18(19-3)22-11-6-7-12-22/h8-10,13H,4-7,11-12,14-15H2,1-3H3,(H,19,20). The van der Waals surface area contributed by atoms with Crippen molar-refractivity contribution < 1.29 is 0 Å². The molecule has 4 heteroatoms. The van der Waals surface area contributed by atoms with Crippen LogP contribution in [0.4, 0.5) is 0 Å². The third-order valence-electron chi connectivity index (χ3n) is 4.36. The fourth-order valence-electron chi connectivity index (χ4n) is 2.99. The van der Waals surface area contributed by atoms with Gasteiger partial charge in [-0.3, -0.25) is 9.89 Å². The van der Waals surface area contributed by atoms with Crippen molar-refractivity contribution in [2.24, 2.45) is 4.99 Å². The Bertz CT molecular complexity index is 474. The van der Waals surface area contributed by atoms with E-state index >= 15 is 0 Å². The van der Waals surface area contributed by atoms with Crippen molar-refractivity contribution in [3.8, 4) is 0 Å². The highest BCUT2D eigenvalue weighted by Crippen LogP contribution is 2.10. The van der Waals surface area contributed by atoms with Crippen molar-refractivity contribution >= 4 is 5.96 Å². The van der Waals surface area contributed by atoms with Crippen molar-refractivity contribution in [1.82, 2.24) is 15.1 Å². The minimum atomic E-state index is 0.843. The van der Waals surface area contributed by atoms with Crippen LogP contribution in [0.3, 0.4) is 0 Å². The smallest absolute Gasteiger partial charge is 0.193 e. The monoisotopic (exact) mass is 302 g/mol. The Morgan fingerprint density at radius 1 is 1.18 bits per heavy atom. The number of likely N-dealkylation sites (tertiary alicyclic amines) is 1. The van der Waals surface area contributed by atoms with E-state index in [2.05, 4.69) is 58.2 Å². The molecule has 0 radical (unpaired) electrons. The molecule has 1 N–H and O–H groups in total. The third-order valence-corrected chi connectivity index (χ3v) is 4.36. The second kappa shape index (κ2) is 8.79. The van der Waals surface area contributed by atoms with Crippen LogP contribution in [0, 0.1) is 0 Å². The van der Waals surface area contributed by atoms with Crippen molar-refractivity contribution in [3.05, 3.63) is 35.4 Å². The molecule has 0 spiro atoms. The molecule has 1 aliphatic rings. The minimum absolute atomic E-state index is 0.843. The SMILES string of the molecule is CCN(CC)Cc1cccc(CNC(=NC)N2CCCC2)c1. The van der Waals surface area contributed by atoms with Gasteiger partial charge in [-0.05, 0) is 37.1 Å². The zero-order chi connectivity index (χ0) is 15.8. The van der Waals surface area contributed by atoms with E-state index in [0.717, 1.165) is 45.2 Å². The largest absolute Gasteiger partial charge is 0.352 e. The molecule has 1 aromatic rings. The van der Waals surface area contributed by atoms with Crippen LogP contribution in [0.1, 0.15) is 37.8 Å². The van der Waals surface area contributed by atoms with Crippen LogP contribution in [0.2, 0.25) is 0 Å². The Hall–Kier alpha value is -1.55. The van der Waals surface area contributed by atoms with Gasteiger partial charge in [0.2, 0.25) is 0 Å². The van der Waals surface area contributed by atoms with Gasteiger partial charge in [0.25, 0.3) is 0 Å². The van der Waals surface area contributed by atoms with Gasteiger partial charge in [0, 0.05) is 33.2 Å². The van der Waals surface area contributed by atoms with E-state index < -0.39 is 0 Å². The molecule has 4 nitrogen and oxygen atoms in total. The second-order valence-corrected chi connectivity index (χ2v) is 5.88. The lowest BCUT2D eigenvalue weighted by Gasteiger charge is -2.21. The van der Waals surface area contributed by atoms with Crippen molar-refractivity contribution in [1.29, 1.82) is 0 Å². The third kappa shape index (κ3) is 4.73. The highest BCUT2D eigenvalue weighted by molar-refractivity contribution is 5.80. The van der Waals surface area contributed by atoms with Crippen LogP contribution in [0.25, 0.3) is 0 Å². The lowest BCUT2D eigenvalue weighted by molar-refractivity contribution is 0.296. The van der Waals surface area contributed by atoms with Crippen LogP contribution in [-0.2, 0) is 13.1 Å². The number of rotatable bonds is 6. The maximum Gasteiger partial charge on any atom is 0.193 e. The first kappa shape index (κ1) is 16.8. The van der Waals surface area contributed by atoms with Crippen LogP contribution in [0.15, 0.2) is 29.3 Å². The predicted molar refractivity (Wildman–Crippen MR) is 94.1 cm³/mol. The summed E-state index contributed by atoms with van der Waals surface area (Å²) in [7, 11) is 1.87. The van der Waals surface area contributed by atoms with Gasteiger partial charge in [-0.1, -0.05) is 38.1 Å². The number of guanidine groups is 1. The molecule has 1 fully saturated rings. The Morgan fingerprint density at radius 3 is 2.50 bits per heavy atom. The van der Waals surface area contributed by atoms with Crippen LogP contribution in [0.5, 0.6) is 0 Å². The maximum absolute atomic E-state index is 4.41. The number of nitrogens with zero attached hydrogens (tertiary/aromatic N) is 3. The molecule has 122 valence electrons. The number of hydrogen-bond acceptors (Lipinski definition) is 2. The van der Waals surface area contributed by atoms with E-state index in [4.69, 9.17) is 0 Å². The Labute approximate surface area is 135 Å². The molecule has 1 saturated heterocycles. The molecule has 0 atom stereocenters.